The highest BCUT2D eigenvalue weighted by molar-refractivity contribution is 5.93. The molecule has 24 heavy (non-hydrogen) atoms. The first-order valence-corrected chi connectivity index (χ1v) is 7.46. The molecular formula is C16H17N5O3. The minimum atomic E-state index is -0.612. The van der Waals surface area contributed by atoms with E-state index in [-0.39, 0.29) is 5.56 Å². The van der Waals surface area contributed by atoms with Gasteiger partial charge in [-0.2, -0.15) is 0 Å². The van der Waals surface area contributed by atoms with E-state index in [1.54, 1.807) is 0 Å². The summed E-state index contributed by atoms with van der Waals surface area (Å²) in [5, 5.41) is 2.68. The van der Waals surface area contributed by atoms with E-state index >= 15 is 0 Å². The number of amides is 1. The highest BCUT2D eigenvalue weighted by Gasteiger charge is 2.14. The van der Waals surface area contributed by atoms with Crippen molar-refractivity contribution in [1.82, 2.24) is 24.4 Å². The number of fused-ring (bicyclic) bond motifs is 1. The van der Waals surface area contributed by atoms with Gasteiger partial charge in [-0.05, 0) is 12.1 Å². The minimum Gasteiger partial charge on any atom is -0.351 e. The van der Waals surface area contributed by atoms with Crippen LogP contribution in [-0.4, -0.2) is 31.6 Å². The SMILES string of the molecule is Cn1cc(C(=O)NCCc2nc3ccccc3[nH]2)c(=O)n(C)c1=O. The summed E-state index contributed by atoms with van der Waals surface area (Å²) in [6.07, 6.45) is 1.76. The van der Waals surface area contributed by atoms with Crippen LogP contribution in [0.1, 0.15) is 16.2 Å². The van der Waals surface area contributed by atoms with Gasteiger partial charge < -0.3 is 14.9 Å². The molecule has 0 unspecified atom stereocenters. The van der Waals surface area contributed by atoms with E-state index in [1.807, 2.05) is 24.3 Å². The first-order valence-electron chi connectivity index (χ1n) is 7.46. The summed E-state index contributed by atoms with van der Waals surface area (Å²) in [4.78, 5) is 43.4. The molecule has 8 heteroatoms. The number of para-hydroxylation sites is 2. The van der Waals surface area contributed by atoms with Gasteiger partial charge in [0.25, 0.3) is 11.5 Å². The Balaban J connectivity index is 1.70. The van der Waals surface area contributed by atoms with Crippen LogP contribution in [0.25, 0.3) is 11.0 Å². The molecular weight excluding hydrogens is 310 g/mol. The molecule has 0 spiro atoms. The monoisotopic (exact) mass is 327 g/mol. The lowest BCUT2D eigenvalue weighted by Gasteiger charge is -2.07. The predicted molar refractivity (Wildman–Crippen MR) is 89.1 cm³/mol. The largest absolute Gasteiger partial charge is 0.351 e. The number of aromatic nitrogens is 4. The number of nitrogens with one attached hydrogen (secondary N) is 2. The van der Waals surface area contributed by atoms with Crippen molar-refractivity contribution in [3.63, 3.8) is 0 Å². The number of carbonyl (C=O) groups excluding carboxylic acids is 1. The summed E-state index contributed by atoms with van der Waals surface area (Å²) in [5.74, 6) is 0.243. The van der Waals surface area contributed by atoms with E-state index in [0.717, 1.165) is 21.4 Å². The number of H-pyrrole nitrogens is 1. The second-order valence-corrected chi connectivity index (χ2v) is 5.51. The van der Waals surface area contributed by atoms with Gasteiger partial charge in [-0.25, -0.2) is 9.78 Å². The highest BCUT2D eigenvalue weighted by Crippen LogP contribution is 2.10. The Labute approximate surface area is 136 Å². The first-order chi connectivity index (χ1) is 11.5. The van der Waals surface area contributed by atoms with Crippen molar-refractivity contribution in [1.29, 1.82) is 0 Å². The Hall–Kier alpha value is -3.16. The van der Waals surface area contributed by atoms with Gasteiger partial charge in [0.05, 0.1) is 11.0 Å². The van der Waals surface area contributed by atoms with Gasteiger partial charge in [-0.1, -0.05) is 12.1 Å². The number of benzene rings is 1. The highest BCUT2D eigenvalue weighted by atomic mass is 16.2. The maximum absolute atomic E-state index is 12.2. The molecule has 1 amide bonds. The molecule has 0 aliphatic rings. The number of aromatic amines is 1. The fraction of sp³-hybridized carbons (Fsp3) is 0.250. The maximum atomic E-state index is 12.2. The third-order valence-corrected chi connectivity index (χ3v) is 3.78. The third-order valence-electron chi connectivity index (χ3n) is 3.78. The van der Waals surface area contributed by atoms with Crippen molar-refractivity contribution in [2.24, 2.45) is 14.1 Å². The van der Waals surface area contributed by atoms with E-state index in [2.05, 4.69) is 15.3 Å². The first kappa shape index (κ1) is 15.7. The van der Waals surface area contributed by atoms with Crippen LogP contribution in [0, 0.1) is 0 Å². The molecule has 0 bridgehead atoms. The maximum Gasteiger partial charge on any atom is 0.330 e. The molecule has 124 valence electrons. The van der Waals surface area contributed by atoms with E-state index in [1.165, 1.54) is 24.9 Å². The topological polar surface area (TPSA) is 102 Å². The Morgan fingerprint density at radius 3 is 2.75 bits per heavy atom. The van der Waals surface area contributed by atoms with Crippen molar-refractivity contribution in [3.05, 3.63) is 62.7 Å². The summed E-state index contributed by atoms with van der Waals surface area (Å²) in [6, 6.07) is 7.66. The quantitative estimate of drug-likeness (QED) is 0.700. The molecule has 0 aliphatic carbocycles. The zero-order valence-corrected chi connectivity index (χ0v) is 13.4. The van der Waals surface area contributed by atoms with Gasteiger partial charge in [0.2, 0.25) is 0 Å². The summed E-state index contributed by atoms with van der Waals surface area (Å²) in [7, 11) is 2.84. The van der Waals surface area contributed by atoms with Gasteiger partial charge in [-0.3, -0.25) is 14.2 Å². The van der Waals surface area contributed by atoms with Crippen molar-refractivity contribution < 1.29 is 4.79 Å². The lowest BCUT2D eigenvalue weighted by Crippen LogP contribution is -2.42. The summed E-state index contributed by atoms with van der Waals surface area (Å²) >= 11 is 0. The van der Waals surface area contributed by atoms with Crippen LogP contribution in [-0.2, 0) is 20.5 Å². The Morgan fingerprint density at radius 1 is 1.25 bits per heavy atom. The van der Waals surface area contributed by atoms with Crippen LogP contribution in [0.5, 0.6) is 0 Å². The Bertz CT molecular complexity index is 995. The van der Waals surface area contributed by atoms with Gasteiger partial charge in [0.15, 0.2) is 0 Å². The van der Waals surface area contributed by atoms with Crippen LogP contribution in [0.4, 0.5) is 0 Å². The fourth-order valence-corrected chi connectivity index (χ4v) is 2.48. The van der Waals surface area contributed by atoms with E-state index in [4.69, 9.17) is 0 Å². The molecule has 2 aromatic heterocycles. The number of rotatable bonds is 4. The number of nitrogens with zero attached hydrogens (tertiary/aromatic N) is 3. The normalized spacial score (nSPS) is 10.9. The zero-order chi connectivity index (χ0) is 17.3. The fourth-order valence-electron chi connectivity index (χ4n) is 2.48. The van der Waals surface area contributed by atoms with Crippen LogP contribution >= 0.6 is 0 Å². The van der Waals surface area contributed by atoms with Gasteiger partial charge in [0, 0.05) is 33.3 Å². The van der Waals surface area contributed by atoms with E-state index in [0.29, 0.717) is 13.0 Å². The van der Waals surface area contributed by atoms with Crippen molar-refractivity contribution in [2.75, 3.05) is 6.54 Å². The molecule has 8 nitrogen and oxygen atoms in total. The van der Waals surface area contributed by atoms with Crippen LogP contribution < -0.4 is 16.6 Å². The minimum absolute atomic E-state index is 0.0655. The number of hydrogen-bond donors (Lipinski definition) is 2. The number of imidazole rings is 1. The third kappa shape index (κ3) is 2.85. The molecule has 0 radical (unpaired) electrons. The number of carbonyl (C=O) groups is 1. The van der Waals surface area contributed by atoms with Gasteiger partial charge in [-0.15, -0.1) is 0 Å². The molecule has 3 aromatic rings. The Morgan fingerprint density at radius 2 is 2.00 bits per heavy atom. The summed E-state index contributed by atoms with van der Waals surface area (Å²) < 4.78 is 2.11. The predicted octanol–water partition coefficient (Wildman–Crippen LogP) is -0.0672. The molecule has 1 aromatic carbocycles. The molecule has 0 aliphatic heterocycles. The van der Waals surface area contributed by atoms with Crippen LogP contribution in [0.2, 0.25) is 0 Å². The van der Waals surface area contributed by atoms with Gasteiger partial charge >= 0.3 is 5.69 Å². The lowest BCUT2D eigenvalue weighted by atomic mass is 10.3. The number of aryl methyl sites for hydroxylation is 1. The van der Waals surface area contributed by atoms with E-state index < -0.39 is 17.2 Å². The van der Waals surface area contributed by atoms with Crippen molar-refractivity contribution in [3.8, 4) is 0 Å². The summed E-state index contributed by atoms with van der Waals surface area (Å²) in [6.45, 7) is 0.324. The second kappa shape index (κ2) is 6.15. The van der Waals surface area contributed by atoms with Crippen LogP contribution in [0.15, 0.2) is 40.1 Å². The molecule has 3 rings (SSSR count). The Kier molecular flexibility index (Phi) is 4.03. The standard InChI is InChI=1S/C16H17N5O3/c1-20-9-10(15(23)21(2)16(20)24)14(22)17-8-7-13-18-11-5-3-4-6-12(11)19-13/h3-6,9H,7-8H2,1-2H3,(H,17,22)(H,18,19). The number of hydrogen-bond acceptors (Lipinski definition) is 4. The summed E-state index contributed by atoms with van der Waals surface area (Å²) in [5.41, 5.74) is 0.652. The smallest absolute Gasteiger partial charge is 0.330 e. The molecule has 0 saturated heterocycles. The molecule has 0 fully saturated rings. The van der Waals surface area contributed by atoms with Crippen molar-refractivity contribution in [2.45, 2.75) is 6.42 Å². The molecule has 2 heterocycles. The van der Waals surface area contributed by atoms with Crippen molar-refractivity contribution >= 4 is 16.9 Å². The molecule has 0 saturated carbocycles. The van der Waals surface area contributed by atoms with E-state index in [9.17, 15) is 14.4 Å². The van der Waals surface area contributed by atoms with Gasteiger partial charge in [0.1, 0.15) is 11.4 Å². The average Bonchev–Trinajstić information content (AvgIpc) is 2.98. The lowest BCUT2D eigenvalue weighted by molar-refractivity contribution is 0.0951. The molecule has 2 N–H and O–H groups in total. The second-order valence-electron chi connectivity index (χ2n) is 5.51. The average molecular weight is 327 g/mol. The van der Waals surface area contributed by atoms with Crippen LogP contribution in [0.3, 0.4) is 0 Å². The zero-order valence-electron chi connectivity index (χ0n) is 13.4. The molecule has 0 atom stereocenters.